The van der Waals surface area contributed by atoms with Crippen LogP contribution in [0.4, 0.5) is 17.1 Å². The second-order valence-electron chi connectivity index (χ2n) is 5.45. The topological polar surface area (TPSA) is 129 Å². The zero-order valence-corrected chi connectivity index (χ0v) is 16.9. The van der Waals surface area contributed by atoms with E-state index in [1.165, 1.54) is 12.3 Å². The maximum atomic E-state index is 11.2. The Kier molecular flexibility index (Phi) is 7.66. The molecule has 0 aliphatic heterocycles. The lowest BCUT2D eigenvalue weighted by Gasteiger charge is -2.13. The van der Waals surface area contributed by atoms with Crippen LogP contribution in [0.25, 0.3) is 0 Å². The van der Waals surface area contributed by atoms with Gasteiger partial charge in [-0.25, -0.2) is 0 Å². The van der Waals surface area contributed by atoms with Crippen molar-refractivity contribution in [1.82, 2.24) is 0 Å². The number of nitrogens with zero attached hydrogens (tertiary/aromatic N) is 3. The Bertz CT molecular complexity index is 964. The van der Waals surface area contributed by atoms with Crippen LogP contribution in [0.2, 0.25) is 0 Å². The third-order valence-corrected chi connectivity index (χ3v) is 4.05. The molecule has 0 saturated carbocycles. The number of hydrogen-bond donors (Lipinski definition) is 1. The Labute approximate surface area is 174 Å². The molecular weight excluding hydrogens is 448 g/mol. The smallest absolute Gasteiger partial charge is 0.301 e. The molecule has 0 bridgehead atoms. The van der Waals surface area contributed by atoms with Gasteiger partial charge in [-0.05, 0) is 46.6 Å². The first-order valence-electron chi connectivity index (χ1n) is 8.29. The van der Waals surface area contributed by atoms with Gasteiger partial charge in [0.2, 0.25) is 0 Å². The van der Waals surface area contributed by atoms with Crippen molar-refractivity contribution in [2.75, 3.05) is 18.6 Å². The highest BCUT2D eigenvalue weighted by atomic mass is 79.9. The molecule has 1 N–H and O–H groups in total. The summed E-state index contributed by atoms with van der Waals surface area (Å²) in [4.78, 5) is 20.5. The molecule has 0 saturated heterocycles. The third kappa shape index (κ3) is 5.75. The van der Waals surface area contributed by atoms with Crippen LogP contribution in [-0.2, 0) is 0 Å². The molecule has 0 atom stereocenters. The van der Waals surface area contributed by atoms with Gasteiger partial charge in [0, 0.05) is 6.07 Å². The van der Waals surface area contributed by atoms with Crippen molar-refractivity contribution in [1.29, 1.82) is 0 Å². The van der Waals surface area contributed by atoms with Crippen LogP contribution in [-0.4, -0.2) is 29.3 Å². The van der Waals surface area contributed by atoms with Gasteiger partial charge in [0.05, 0.1) is 33.2 Å². The van der Waals surface area contributed by atoms with Gasteiger partial charge in [-0.3, -0.25) is 25.7 Å². The Morgan fingerprint density at radius 2 is 1.97 bits per heavy atom. The molecule has 0 aliphatic carbocycles. The fraction of sp³-hybridized carbons (Fsp3) is 0.167. The van der Waals surface area contributed by atoms with Crippen LogP contribution in [0.3, 0.4) is 0 Å². The molecule has 0 spiro atoms. The molecule has 0 heterocycles. The second-order valence-corrected chi connectivity index (χ2v) is 6.30. The molecule has 0 radical (unpaired) electrons. The van der Waals surface area contributed by atoms with Gasteiger partial charge >= 0.3 is 5.69 Å². The minimum atomic E-state index is -0.722. The van der Waals surface area contributed by atoms with Crippen molar-refractivity contribution in [3.05, 3.63) is 73.3 Å². The molecular formula is C18H17BrN4O6. The van der Waals surface area contributed by atoms with Crippen LogP contribution in [0.1, 0.15) is 12.5 Å². The Balaban J connectivity index is 2.27. The first kappa shape index (κ1) is 21.8. The van der Waals surface area contributed by atoms with E-state index in [0.717, 1.165) is 12.1 Å². The predicted octanol–water partition coefficient (Wildman–Crippen LogP) is 4.68. The van der Waals surface area contributed by atoms with Crippen LogP contribution in [0.15, 0.2) is 52.6 Å². The summed E-state index contributed by atoms with van der Waals surface area (Å²) in [5, 5.41) is 25.9. The number of nitrogens with one attached hydrogen (secondary N) is 1. The van der Waals surface area contributed by atoms with Crippen LogP contribution >= 0.6 is 15.9 Å². The quantitative estimate of drug-likeness (QED) is 0.234. The van der Waals surface area contributed by atoms with E-state index in [0.29, 0.717) is 34.7 Å². The van der Waals surface area contributed by atoms with Crippen molar-refractivity contribution in [2.45, 2.75) is 6.92 Å². The summed E-state index contributed by atoms with van der Waals surface area (Å²) in [5.74, 6) is 1.01. The van der Waals surface area contributed by atoms with Crippen molar-refractivity contribution in [3.63, 3.8) is 0 Å². The summed E-state index contributed by atoms with van der Waals surface area (Å²) in [6.07, 6.45) is 3.04. The van der Waals surface area contributed by atoms with E-state index in [4.69, 9.17) is 9.47 Å². The van der Waals surface area contributed by atoms with Gasteiger partial charge in [-0.15, -0.1) is 0 Å². The number of ether oxygens (including phenoxy) is 2. The minimum absolute atomic E-state index is 0.0203. The van der Waals surface area contributed by atoms with E-state index in [9.17, 15) is 20.2 Å². The number of anilines is 1. The molecule has 2 aromatic carbocycles. The van der Waals surface area contributed by atoms with Crippen molar-refractivity contribution >= 4 is 39.2 Å². The fourth-order valence-electron chi connectivity index (χ4n) is 2.26. The van der Waals surface area contributed by atoms with Crippen LogP contribution in [0.5, 0.6) is 11.5 Å². The van der Waals surface area contributed by atoms with Crippen LogP contribution in [0, 0.1) is 20.2 Å². The summed E-state index contributed by atoms with van der Waals surface area (Å²) < 4.78 is 11.8. The number of hydrazone groups is 1. The zero-order chi connectivity index (χ0) is 21.4. The minimum Gasteiger partial charge on any atom is -0.490 e. The number of hydrogen-bond acceptors (Lipinski definition) is 8. The maximum absolute atomic E-state index is 11.2. The lowest BCUT2D eigenvalue weighted by molar-refractivity contribution is -0.393. The predicted molar refractivity (Wildman–Crippen MR) is 112 cm³/mol. The molecule has 0 fully saturated rings. The highest BCUT2D eigenvalue weighted by molar-refractivity contribution is 9.10. The molecule has 152 valence electrons. The van der Waals surface area contributed by atoms with Gasteiger partial charge in [0.15, 0.2) is 11.5 Å². The molecule has 0 amide bonds. The third-order valence-electron chi connectivity index (χ3n) is 3.46. The normalized spacial score (nSPS) is 10.6. The fourth-order valence-corrected chi connectivity index (χ4v) is 2.84. The first-order valence-corrected chi connectivity index (χ1v) is 9.08. The largest absolute Gasteiger partial charge is 0.490 e. The second kappa shape index (κ2) is 10.2. The van der Waals surface area contributed by atoms with E-state index >= 15 is 0 Å². The van der Waals surface area contributed by atoms with Gasteiger partial charge < -0.3 is 9.47 Å². The average Bonchev–Trinajstić information content (AvgIpc) is 2.67. The first-order chi connectivity index (χ1) is 13.9. The SMILES string of the molecule is C=CCOc1c(Br)cc(/C=N/Nc2ccc([N+](=O)[O-])cc2[N+](=O)[O-])cc1OCC. The highest BCUT2D eigenvalue weighted by Gasteiger charge is 2.19. The number of rotatable bonds is 10. The van der Waals surface area contributed by atoms with Crippen LogP contribution < -0.4 is 14.9 Å². The average molecular weight is 465 g/mol. The number of non-ortho nitro benzene ring substituents is 1. The summed E-state index contributed by atoms with van der Waals surface area (Å²) in [7, 11) is 0. The van der Waals surface area contributed by atoms with Crippen molar-refractivity contribution in [2.24, 2.45) is 5.10 Å². The standard InChI is InChI=1S/C18H17BrN4O6/c1-3-7-29-18-14(19)8-12(9-17(18)28-4-2)11-20-21-15-6-5-13(22(24)25)10-16(15)23(26)27/h3,5-6,8-11,21H,1,4,7H2,2H3/b20-11+. The monoisotopic (exact) mass is 464 g/mol. The van der Waals surface area contributed by atoms with E-state index < -0.39 is 15.5 Å². The summed E-state index contributed by atoms with van der Waals surface area (Å²) in [6.45, 7) is 6.17. The molecule has 29 heavy (non-hydrogen) atoms. The van der Waals surface area contributed by atoms with Crippen molar-refractivity contribution < 1.29 is 19.3 Å². The zero-order valence-electron chi connectivity index (χ0n) is 15.3. The number of benzene rings is 2. The lowest BCUT2D eigenvalue weighted by atomic mass is 10.2. The molecule has 2 aromatic rings. The molecule has 11 heteroatoms. The van der Waals surface area contributed by atoms with E-state index in [1.807, 2.05) is 6.92 Å². The summed E-state index contributed by atoms with van der Waals surface area (Å²) in [6, 6.07) is 6.67. The Hall–Kier alpha value is -3.47. The Morgan fingerprint density at radius 3 is 2.59 bits per heavy atom. The highest BCUT2D eigenvalue weighted by Crippen LogP contribution is 2.36. The number of nitro groups is 2. The molecule has 2 rings (SSSR count). The molecule has 0 unspecified atom stereocenters. The van der Waals surface area contributed by atoms with E-state index in [-0.39, 0.29) is 11.4 Å². The van der Waals surface area contributed by atoms with Gasteiger partial charge in [0.1, 0.15) is 12.3 Å². The van der Waals surface area contributed by atoms with E-state index in [1.54, 1.807) is 18.2 Å². The van der Waals surface area contributed by atoms with Gasteiger partial charge in [-0.1, -0.05) is 12.7 Å². The molecule has 10 nitrogen and oxygen atoms in total. The van der Waals surface area contributed by atoms with E-state index in [2.05, 4.69) is 33.0 Å². The van der Waals surface area contributed by atoms with Crippen molar-refractivity contribution in [3.8, 4) is 11.5 Å². The summed E-state index contributed by atoms with van der Waals surface area (Å²) >= 11 is 3.41. The lowest BCUT2D eigenvalue weighted by Crippen LogP contribution is -2.01. The number of nitro benzene ring substituents is 2. The van der Waals surface area contributed by atoms with Gasteiger partial charge in [0.25, 0.3) is 5.69 Å². The molecule has 0 aliphatic rings. The maximum Gasteiger partial charge on any atom is 0.301 e. The summed E-state index contributed by atoms with van der Waals surface area (Å²) in [5.41, 5.74) is 2.34. The Morgan fingerprint density at radius 1 is 1.21 bits per heavy atom. The number of halogens is 1. The van der Waals surface area contributed by atoms with Gasteiger partial charge in [-0.2, -0.15) is 5.10 Å². The molecule has 0 aromatic heterocycles.